The number of hydrogen-bond acceptors (Lipinski definition) is 6. The maximum absolute atomic E-state index is 13.5. The minimum absolute atomic E-state index is 0.000742. The maximum Gasteiger partial charge on any atom is 0.408 e. The fourth-order valence-corrected chi connectivity index (χ4v) is 4.75. The summed E-state index contributed by atoms with van der Waals surface area (Å²) < 4.78 is 18.8. The van der Waals surface area contributed by atoms with Crippen LogP contribution in [0, 0.1) is 17.7 Å². The van der Waals surface area contributed by atoms with Crippen LogP contribution in [0.15, 0.2) is 54.6 Å². The monoisotopic (exact) mass is 582 g/mol. The van der Waals surface area contributed by atoms with Crippen molar-refractivity contribution in [3.8, 4) is 0 Å². The first kappa shape index (κ1) is 32.2. The summed E-state index contributed by atoms with van der Waals surface area (Å²) in [5, 5.41) is 10.7. The number of alkyl carbamates (subject to hydrolysis) is 1. The van der Waals surface area contributed by atoms with Gasteiger partial charge in [-0.05, 0) is 54.9 Å². The van der Waals surface area contributed by atoms with Crippen molar-refractivity contribution in [2.45, 2.75) is 70.7 Å². The van der Waals surface area contributed by atoms with Crippen LogP contribution in [0.2, 0.25) is 0 Å². The van der Waals surface area contributed by atoms with Crippen molar-refractivity contribution in [2.75, 3.05) is 6.54 Å². The summed E-state index contributed by atoms with van der Waals surface area (Å²) in [4.78, 5) is 63.3. The third-order valence-electron chi connectivity index (χ3n) is 6.94. The van der Waals surface area contributed by atoms with Crippen LogP contribution >= 0.6 is 0 Å². The van der Waals surface area contributed by atoms with Gasteiger partial charge in [0.05, 0.1) is 6.04 Å². The van der Waals surface area contributed by atoms with Gasteiger partial charge in [0, 0.05) is 18.9 Å². The highest BCUT2D eigenvalue weighted by Crippen LogP contribution is 2.17. The number of carbonyl (C=O) groups excluding carboxylic acids is 5. The first-order valence-electron chi connectivity index (χ1n) is 14.2. The highest BCUT2D eigenvalue weighted by atomic mass is 19.1. The zero-order chi connectivity index (χ0) is 30.5. The highest BCUT2D eigenvalue weighted by molar-refractivity contribution is 5.92. The van der Waals surface area contributed by atoms with Gasteiger partial charge in [-0.15, -0.1) is 0 Å². The molecule has 10 nitrogen and oxygen atoms in total. The van der Waals surface area contributed by atoms with Crippen molar-refractivity contribution in [3.63, 3.8) is 0 Å². The SMILES string of the molecule is CC(C)C[C@H](NC(=O)[C@H](Cc1ccc(F)cc1)NC(=O)OCc1ccccc1)C(=O)N[C@H](C=O)C[C@@H]1CCCNC1=O. The van der Waals surface area contributed by atoms with Crippen molar-refractivity contribution in [1.29, 1.82) is 0 Å². The number of rotatable bonds is 14. The van der Waals surface area contributed by atoms with E-state index in [2.05, 4.69) is 21.3 Å². The molecule has 226 valence electrons. The topological polar surface area (TPSA) is 143 Å². The molecule has 4 atom stereocenters. The first-order valence-corrected chi connectivity index (χ1v) is 14.2. The Labute approximate surface area is 245 Å². The van der Waals surface area contributed by atoms with E-state index >= 15 is 0 Å². The lowest BCUT2D eigenvalue weighted by Gasteiger charge is -2.27. The Morgan fingerprint density at radius 3 is 2.31 bits per heavy atom. The van der Waals surface area contributed by atoms with Crippen molar-refractivity contribution in [3.05, 3.63) is 71.5 Å². The predicted molar refractivity (Wildman–Crippen MR) is 153 cm³/mol. The average molecular weight is 583 g/mol. The molecule has 4 N–H and O–H groups in total. The molecule has 0 spiro atoms. The molecule has 1 aliphatic heterocycles. The molecular weight excluding hydrogens is 543 g/mol. The summed E-state index contributed by atoms with van der Waals surface area (Å²) in [7, 11) is 0. The molecule has 11 heteroatoms. The van der Waals surface area contributed by atoms with E-state index in [-0.39, 0.29) is 37.7 Å². The summed E-state index contributed by atoms with van der Waals surface area (Å²) in [5.41, 5.74) is 1.34. The number of piperidine rings is 1. The minimum atomic E-state index is -1.14. The predicted octanol–water partition coefficient (Wildman–Crippen LogP) is 2.79. The molecule has 4 amide bonds. The van der Waals surface area contributed by atoms with Crippen LogP contribution < -0.4 is 21.3 Å². The van der Waals surface area contributed by atoms with E-state index in [0.717, 1.165) is 12.0 Å². The molecule has 2 aromatic carbocycles. The van der Waals surface area contributed by atoms with Gasteiger partial charge < -0.3 is 30.8 Å². The fraction of sp³-hybridized carbons (Fsp3) is 0.452. The van der Waals surface area contributed by atoms with E-state index in [1.807, 2.05) is 19.9 Å². The lowest BCUT2D eigenvalue weighted by molar-refractivity contribution is -0.132. The van der Waals surface area contributed by atoms with Gasteiger partial charge in [0.1, 0.15) is 30.8 Å². The van der Waals surface area contributed by atoms with Crippen molar-refractivity contribution < 1.29 is 33.1 Å². The van der Waals surface area contributed by atoms with Gasteiger partial charge in [0.25, 0.3) is 0 Å². The van der Waals surface area contributed by atoms with Crippen LogP contribution in [0.3, 0.4) is 0 Å². The van der Waals surface area contributed by atoms with Crippen molar-refractivity contribution >= 4 is 30.1 Å². The minimum Gasteiger partial charge on any atom is -0.445 e. The molecule has 0 aromatic heterocycles. The quantitative estimate of drug-likeness (QED) is 0.252. The molecule has 1 saturated heterocycles. The van der Waals surface area contributed by atoms with Crippen LogP contribution in [0.25, 0.3) is 0 Å². The number of benzene rings is 2. The fourth-order valence-electron chi connectivity index (χ4n) is 4.75. The first-order chi connectivity index (χ1) is 20.1. The number of nitrogens with one attached hydrogen (secondary N) is 4. The van der Waals surface area contributed by atoms with E-state index < -0.39 is 47.8 Å². The van der Waals surface area contributed by atoms with Crippen LogP contribution in [-0.4, -0.2) is 54.8 Å². The summed E-state index contributed by atoms with van der Waals surface area (Å²) in [6.07, 6.45) is 1.59. The third-order valence-corrected chi connectivity index (χ3v) is 6.94. The second-order valence-corrected chi connectivity index (χ2v) is 10.9. The number of halogens is 1. The summed E-state index contributed by atoms with van der Waals surface area (Å²) in [6, 6.07) is 11.5. The Bertz CT molecular complexity index is 1210. The summed E-state index contributed by atoms with van der Waals surface area (Å²) in [5.74, 6) is -2.20. The van der Waals surface area contributed by atoms with Gasteiger partial charge in [-0.1, -0.05) is 56.3 Å². The van der Waals surface area contributed by atoms with Crippen LogP contribution in [0.4, 0.5) is 9.18 Å². The van der Waals surface area contributed by atoms with Crippen molar-refractivity contribution in [1.82, 2.24) is 21.3 Å². The molecular formula is C31H39FN4O6. The van der Waals surface area contributed by atoms with Crippen molar-refractivity contribution in [2.24, 2.45) is 11.8 Å². The smallest absolute Gasteiger partial charge is 0.408 e. The molecule has 2 aromatic rings. The van der Waals surface area contributed by atoms with Crippen LogP contribution in [0.1, 0.15) is 50.7 Å². The van der Waals surface area contributed by atoms with Gasteiger partial charge in [-0.25, -0.2) is 9.18 Å². The molecule has 0 radical (unpaired) electrons. The Hall–Kier alpha value is -4.28. The largest absolute Gasteiger partial charge is 0.445 e. The van der Waals surface area contributed by atoms with E-state index in [1.54, 1.807) is 24.3 Å². The molecule has 1 fully saturated rings. The van der Waals surface area contributed by atoms with Crippen LogP contribution in [0.5, 0.6) is 0 Å². The Balaban J connectivity index is 1.70. The Morgan fingerprint density at radius 1 is 0.976 bits per heavy atom. The van der Waals surface area contributed by atoms with Gasteiger partial charge >= 0.3 is 6.09 Å². The van der Waals surface area contributed by atoms with Gasteiger partial charge in [0.15, 0.2) is 0 Å². The van der Waals surface area contributed by atoms with Gasteiger partial charge in [-0.2, -0.15) is 0 Å². The maximum atomic E-state index is 13.5. The second kappa shape index (κ2) is 16.2. The van der Waals surface area contributed by atoms with E-state index in [9.17, 15) is 28.4 Å². The molecule has 42 heavy (non-hydrogen) atoms. The molecule has 1 aliphatic rings. The summed E-state index contributed by atoms with van der Waals surface area (Å²) >= 11 is 0. The number of aldehydes is 1. The van der Waals surface area contributed by atoms with E-state index in [4.69, 9.17) is 4.74 Å². The van der Waals surface area contributed by atoms with E-state index in [0.29, 0.717) is 24.8 Å². The molecule has 3 rings (SSSR count). The second-order valence-electron chi connectivity index (χ2n) is 10.9. The zero-order valence-electron chi connectivity index (χ0n) is 23.9. The third kappa shape index (κ3) is 10.6. The number of ether oxygens (including phenoxy) is 1. The zero-order valence-corrected chi connectivity index (χ0v) is 23.9. The molecule has 1 heterocycles. The Kier molecular flexibility index (Phi) is 12.5. The number of carbonyl (C=O) groups is 5. The summed E-state index contributed by atoms with van der Waals surface area (Å²) in [6.45, 7) is 4.33. The van der Waals surface area contributed by atoms with Gasteiger partial charge in [0.2, 0.25) is 17.7 Å². The number of amides is 4. The standard InChI is InChI=1S/C31H39FN4O6/c1-20(2)15-26(29(39)34-25(18-37)17-23-9-6-14-33-28(23)38)35-30(40)27(16-21-10-12-24(32)13-11-21)36-31(41)42-19-22-7-4-3-5-8-22/h3-5,7-8,10-13,18,20,23,25-27H,6,9,14-17,19H2,1-2H3,(H,33,38)(H,34,39)(H,35,40)(H,36,41)/t23-,25-,26-,27-/m0/s1. The molecule has 0 aliphatic carbocycles. The molecule has 0 unspecified atom stereocenters. The van der Waals surface area contributed by atoms with E-state index in [1.165, 1.54) is 24.3 Å². The lowest BCUT2D eigenvalue weighted by atomic mass is 9.91. The highest BCUT2D eigenvalue weighted by Gasteiger charge is 2.31. The van der Waals surface area contributed by atoms with Gasteiger partial charge in [-0.3, -0.25) is 14.4 Å². The number of hydrogen-bond donors (Lipinski definition) is 4. The van der Waals surface area contributed by atoms with Crippen LogP contribution in [-0.2, 0) is 36.9 Å². The molecule has 0 bridgehead atoms. The Morgan fingerprint density at radius 2 is 1.67 bits per heavy atom. The lowest BCUT2D eigenvalue weighted by Crippen LogP contribution is -2.56. The molecule has 0 saturated carbocycles. The average Bonchev–Trinajstić information content (AvgIpc) is 2.97. The normalized spacial score (nSPS) is 16.9.